The second-order valence-corrected chi connectivity index (χ2v) is 5.43. The zero-order valence-electron chi connectivity index (χ0n) is 11.2. The first-order valence-corrected chi connectivity index (χ1v) is 6.82. The summed E-state index contributed by atoms with van der Waals surface area (Å²) in [4.78, 5) is 12.1. The van der Waals surface area contributed by atoms with E-state index in [1.54, 1.807) is 0 Å². The minimum Gasteiger partial charge on any atom is -0.299 e. The summed E-state index contributed by atoms with van der Waals surface area (Å²) < 4.78 is 64.7. The Morgan fingerprint density at radius 1 is 1.10 bits per heavy atom. The predicted molar refractivity (Wildman–Crippen MR) is 66.6 cm³/mol. The summed E-state index contributed by atoms with van der Waals surface area (Å²) in [6.45, 7) is 0. The highest BCUT2D eigenvalue weighted by Crippen LogP contribution is 2.42. The van der Waals surface area contributed by atoms with Crippen LogP contribution in [0, 0.1) is 23.5 Å². The van der Waals surface area contributed by atoms with E-state index in [9.17, 15) is 26.7 Å². The number of hydrogen-bond acceptors (Lipinski definition) is 1. The van der Waals surface area contributed by atoms with Crippen LogP contribution in [-0.2, 0) is 11.2 Å². The number of carbonyl (C=O) groups excluding carboxylic acids is 1. The van der Waals surface area contributed by atoms with Crippen LogP contribution >= 0.6 is 0 Å². The van der Waals surface area contributed by atoms with E-state index < -0.39 is 35.4 Å². The summed E-state index contributed by atoms with van der Waals surface area (Å²) in [5.41, 5.74) is 0.199. The van der Waals surface area contributed by atoms with Crippen LogP contribution in [0.1, 0.15) is 31.2 Å². The first-order valence-electron chi connectivity index (χ1n) is 6.82. The maximum atomic E-state index is 13.1. The van der Waals surface area contributed by atoms with Gasteiger partial charge in [0.1, 0.15) is 5.78 Å². The molecule has 1 fully saturated rings. The Bertz CT molecular complexity index is 523. The van der Waals surface area contributed by atoms with Gasteiger partial charge in [-0.25, -0.2) is 8.78 Å². The summed E-state index contributed by atoms with van der Waals surface area (Å²) in [5.74, 6) is -5.40. The Labute approximate surface area is 119 Å². The van der Waals surface area contributed by atoms with Crippen molar-refractivity contribution in [1.29, 1.82) is 0 Å². The van der Waals surface area contributed by atoms with Crippen molar-refractivity contribution >= 4 is 5.78 Å². The molecule has 1 aliphatic rings. The van der Waals surface area contributed by atoms with Gasteiger partial charge < -0.3 is 0 Å². The van der Waals surface area contributed by atoms with Crippen molar-refractivity contribution in [1.82, 2.24) is 0 Å². The topological polar surface area (TPSA) is 17.1 Å². The third-order valence-electron chi connectivity index (χ3n) is 3.96. The van der Waals surface area contributed by atoms with Crippen LogP contribution in [0.25, 0.3) is 0 Å². The smallest absolute Gasteiger partial charge is 0.299 e. The van der Waals surface area contributed by atoms with Gasteiger partial charge in [0.05, 0.1) is 5.92 Å². The molecule has 1 aliphatic carbocycles. The molecule has 1 aromatic carbocycles. The van der Waals surface area contributed by atoms with Crippen LogP contribution < -0.4 is 0 Å². The molecule has 0 bridgehead atoms. The molecule has 6 heteroatoms. The van der Waals surface area contributed by atoms with Gasteiger partial charge >= 0.3 is 6.18 Å². The fourth-order valence-electron chi connectivity index (χ4n) is 2.89. The van der Waals surface area contributed by atoms with E-state index in [1.807, 2.05) is 0 Å². The molecule has 1 aromatic rings. The van der Waals surface area contributed by atoms with E-state index >= 15 is 0 Å². The summed E-state index contributed by atoms with van der Waals surface area (Å²) in [6.07, 6.45) is -3.49. The van der Waals surface area contributed by atoms with Gasteiger partial charge in [-0.2, -0.15) is 13.2 Å². The number of halogens is 5. The Balaban J connectivity index is 2.12. The quantitative estimate of drug-likeness (QED) is 0.754. The maximum absolute atomic E-state index is 13.1. The van der Waals surface area contributed by atoms with Gasteiger partial charge in [0.25, 0.3) is 0 Å². The monoisotopic (exact) mass is 306 g/mol. The molecule has 2 rings (SSSR count). The highest BCUT2D eigenvalue weighted by atomic mass is 19.4. The molecule has 0 aliphatic heterocycles. The van der Waals surface area contributed by atoms with E-state index in [4.69, 9.17) is 0 Å². The molecular formula is C15H15F5O. The van der Waals surface area contributed by atoms with Gasteiger partial charge in [-0.3, -0.25) is 4.79 Å². The third-order valence-corrected chi connectivity index (χ3v) is 3.96. The second-order valence-electron chi connectivity index (χ2n) is 5.43. The predicted octanol–water partition coefficient (Wildman–Crippen LogP) is 4.45. The van der Waals surface area contributed by atoms with Gasteiger partial charge in [-0.15, -0.1) is 0 Å². The van der Waals surface area contributed by atoms with Gasteiger partial charge in [0, 0.05) is 12.3 Å². The lowest BCUT2D eigenvalue weighted by Gasteiger charge is -2.32. The largest absolute Gasteiger partial charge is 0.392 e. The first-order chi connectivity index (χ1) is 9.79. The molecule has 1 saturated carbocycles. The minimum atomic E-state index is -4.39. The van der Waals surface area contributed by atoms with Gasteiger partial charge in [0.2, 0.25) is 0 Å². The average Bonchev–Trinajstić information content (AvgIpc) is 2.42. The summed E-state index contributed by atoms with van der Waals surface area (Å²) >= 11 is 0. The summed E-state index contributed by atoms with van der Waals surface area (Å²) in [5, 5.41) is 0. The van der Waals surface area contributed by atoms with Crippen molar-refractivity contribution in [3.05, 3.63) is 35.4 Å². The summed E-state index contributed by atoms with van der Waals surface area (Å²) in [6, 6.07) is 2.96. The maximum Gasteiger partial charge on any atom is 0.392 e. The third kappa shape index (κ3) is 3.80. The van der Waals surface area contributed by atoms with Crippen LogP contribution in [0.4, 0.5) is 22.0 Å². The van der Waals surface area contributed by atoms with Crippen molar-refractivity contribution < 1.29 is 26.7 Å². The highest BCUT2D eigenvalue weighted by Gasteiger charge is 2.47. The minimum absolute atomic E-state index is 0.0440. The molecule has 0 heterocycles. The lowest BCUT2D eigenvalue weighted by molar-refractivity contribution is -0.197. The Hall–Kier alpha value is -1.46. The van der Waals surface area contributed by atoms with Crippen molar-refractivity contribution in [2.75, 3.05) is 0 Å². The molecule has 0 aromatic heterocycles. The van der Waals surface area contributed by atoms with Gasteiger partial charge in [-0.1, -0.05) is 18.9 Å². The van der Waals surface area contributed by atoms with Gasteiger partial charge in [0.15, 0.2) is 11.6 Å². The van der Waals surface area contributed by atoms with E-state index in [1.165, 1.54) is 6.07 Å². The van der Waals surface area contributed by atoms with Crippen LogP contribution in [0.2, 0.25) is 0 Å². The van der Waals surface area contributed by atoms with E-state index in [-0.39, 0.29) is 24.8 Å². The normalized spacial score (nSPS) is 23.1. The van der Waals surface area contributed by atoms with Gasteiger partial charge in [-0.05, 0) is 30.5 Å². The lowest BCUT2D eigenvalue weighted by atomic mass is 9.75. The number of ketones is 1. The number of carbonyl (C=O) groups is 1. The number of benzene rings is 1. The Morgan fingerprint density at radius 3 is 2.38 bits per heavy atom. The summed E-state index contributed by atoms with van der Waals surface area (Å²) in [7, 11) is 0. The molecule has 0 N–H and O–H groups in total. The van der Waals surface area contributed by atoms with Crippen molar-refractivity contribution in [2.24, 2.45) is 11.8 Å². The van der Waals surface area contributed by atoms with E-state index in [0.717, 1.165) is 12.1 Å². The number of hydrogen-bond donors (Lipinski definition) is 0. The van der Waals surface area contributed by atoms with Crippen molar-refractivity contribution in [3.63, 3.8) is 0 Å². The van der Waals surface area contributed by atoms with E-state index in [0.29, 0.717) is 12.8 Å². The highest BCUT2D eigenvalue weighted by molar-refractivity contribution is 5.83. The number of Topliss-reactive ketones (excluding diaryl/α,β-unsaturated/α-hetero) is 1. The lowest BCUT2D eigenvalue weighted by Crippen LogP contribution is -2.37. The molecular weight excluding hydrogens is 291 g/mol. The Morgan fingerprint density at radius 2 is 1.76 bits per heavy atom. The molecule has 0 radical (unpaired) electrons. The van der Waals surface area contributed by atoms with Crippen LogP contribution in [0.5, 0.6) is 0 Å². The molecule has 2 unspecified atom stereocenters. The second kappa shape index (κ2) is 6.12. The Kier molecular flexibility index (Phi) is 4.64. The standard InChI is InChI=1S/C15H15F5O/c16-12-6-5-9(7-13(12)17)8-14(21)10-3-1-2-4-11(10)15(18,19)20/h5-7,10-11H,1-4,8H2. The number of alkyl halides is 3. The van der Waals surface area contributed by atoms with Crippen LogP contribution in [0.3, 0.4) is 0 Å². The molecule has 0 saturated heterocycles. The zero-order valence-corrected chi connectivity index (χ0v) is 11.2. The fraction of sp³-hybridized carbons (Fsp3) is 0.533. The molecule has 0 spiro atoms. The first kappa shape index (κ1) is 15.9. The average molecular weight is 306 g/mol. The SMILES string of the molecule is O=C(Cc1ccc(F)c(F)c1)C1CCCCC1C(F)(F)F. The molecule has 1 nitrogen and oxygen atoms in total. The fourth-order valence-corrected chi connectivity index (χ4v) is 2.89. The molecule has 0 amide bonds. The van der Waals surface area contributed by atoms with Crippen LogP contribution in [-0.4, -0.2) is 12.0 Å². The zero-order chi connectivity index (χ0) is 15.6. The van der Waals surface area contributed by atoms with E-state index in [2.05, 4.69) is 0 Å². The molecule has 21 heavy (non-hydrogen) atoms. The number of rotatable bonds is 3. The molecule has 2 atom stereocenters. The molecule has 116 valence electrons. The van der Waals surface area contributed by atoms with Crippen molar-refractivity contribution in [3.8, 4) is 0 Å². The van der Waals surface area contributed by atoms with Crippen molar-refractivity contribution in [2.45, 2.75) is 38.3 Å². The van der Waals surface area contributed by atoms with Crippen LogP contribution in [0.15, 0.2) is 18.2 Å².